The van der Waals surface area contributed by atoms with Crippen molar-refractivity contribution >= 4 is 5.91 Å². The lowest BCUT2D eigenvalue weighted by Gasteiger charge is -2.16. The maximum Gasteiger partial charge on any atom is 0.248 e. The van der Waals surface area contributed by atoms with Gasteiger partial charge in [0.2, 0.25) is 5.91 Å². The van der Waals surface area contributed by atoms with Gasteiger partial charge in [0.15, 0.2) is 0 Å². The third kappa shape index (κ3) is 4.22. The second-order valence-electron chi connectivity index (χ2n) is 5.91. The summed E-state index contributed by atoms with van der Waals surface area (Å²) in [6.07, 6.45) is 3.33. The summed E-state index contributed by atoms with van der Waals surface area (Å²) in [4.78, 5) is 11.7. The summed E-state index contributed by atoms with van der Waals surface area (Å²) in [5, 5.41) is 2.96. The highest BCUT2D eigenvalue weighted by Crippen LogP contribution is 2.19. The number of ether oxygens (including phenoxy) is 1. The zero-order valence-electron chi connectivity index (χ0n) is 13.3. The van der Waals surface area contributed by atoms with Crippen LogP contribution in [0.5, 0.6) is 0 Å². The molecule has 3 rings (SSSR count). The minimum Gasteiger partial charge on any atom is -0.491 e. The molecule has 1 aliphatic heterocycles. The molecule has 1 amide bonds. The van der Waals surface area contributed by atoms with Crippen LogP contribution in [0.15, 0.2) is 66.4 Å². The first-order valence-electron chi connectivity index (χ1n) is 7.95. The van der Waals surface area contributed by atoms with Crippen molar-refractivity contribution in [3.63, 3.8) is 0 Å². The van der Waals surface area contributed by atoms with Crippen molar-refractivity contribution in [3.05, 3.63) is 83.1 Å². The number of amides is 1. The second kappa shape index (κ2) is 7.14. The van der Waals surface area contributed by atoms with Crippen LogP contribution < -0.4 is 5.32 Å². The van der Waals surface area contributed by atoms with Crippen molar-refractivity contribution < 1.29 is 9.53 Å². The summed E-state index contributed by atoms with van der Waals surface area (Å²) in [6.45, 7) is 2.55. The predicted octanol–water partition coefficient (Wildman–Crippen LogP) is 3.53. The van der Waals surface area contributed by atoms with Crippen LogP contribution in [-0.4, -0.2) is 11.9 Å². The van der Waals surface area contributed by atoms with Gasteiger partial charge in [-0.3, -0.25) is 4.79 Å². The number of aryl methyl sites for hydroxylation is 2. The van der Waals surface area contributed by atoms with Gasteiger partial charge in [-0.05, 0) is 30.9 Å². The average molecular weight is 307 g/mol. The molecule has 0 saturated heterocycles. The average Bonchev–Trinajstić information content (AvgIpc) is 2.93. The maximum absolute atomic E-state index is 11.7. The number of rotatable bonds is 6. The van der Waals surface area contributed by atoms with Crippen LogP contribution >= 0.6 is 0 Å². The van der Waals surface area contributed by atoms with E-state index >= 15 is 0 Å². The first kappa shape index (κ1) is 15.3. The van der Waals surface area contributed by atoms with Crippen molar-refractivity contribution in [1.82, 2.24) is 5.32 Å². The second-order valence-corrected chi connectivity index (χ2v) is 5.91. The first-order chi connectivity index (χ1) is 11.2. The molecule has 1 heterocycles. The Balaban J connectivity index is 1.57. The number of hydrogen-bond acceptors (Lipinski definition) is 2. The smallest absolute Gasteiger partial charge is 0.248 e. The highest BCUT2D eigenvalue weighted by molar-refractivity contribution is 5.91. The fraction of sp³-hybridized carbons (Fsp3) is 0.250. The lowest BCUT2D eigenvalue weighted by Crippen LogP contribution is -2.29. The van der Waals surface area contributed by atoms with Gasteiger partial charge in [-0.2, -0.15) is 0 Å². The number of benzene rings is 2. The van der Waals surface area contributed by atoms with Crippen molar-refractivity contribution in [3.8, 4) is 0 Å². The van der Waals surface area contributed by atoms with E-state index in [9.17, 15) is 4.79 Å². The Kier molecular flexibility index (Phi) is 4.77. The number of carbonyl (C=O) groups excluding carboxylic acids is 1. The predicted molar refractivity (Wildman–Crippen MR) is 90.7 cm³/mol. The fourth-order valence-electron chi connectivity index (χ4n) is 2.68. The van der Waals surface area contributed by atoms with Gasteiger partial charge in [-0.1, -0.05) is 60.2 Å². The standard InChI is InChI=1S/C20H21NO2/c1-15-7-9-17(10-8-15)14-23-19-13-20(22)21-18(19)12-11-16-5-3-2-4-6-16/h2-10,13,18H,11-12,14H2,1H3,(H,21,22)/t18-/m0/s1. The summed E-state index contributed by atoms with van der Waals surface area (Å²) < 4.78 is 5.88. The van der Waals surface area contributed by atoms with Crippen LogP contribution in [0.3, 0.4) is 0 Å². The van der Waals surface area contributed by atoms with E-state index in [4.69, 9.17) is 4.74 Å². The molecule has 0 unspecified atom stereocenters. The normalized spacial score (nSPS) is 16.8. The van der Waals surface area contributed by atoms with E-state index in [1.165, 1.54) is 11.1 Å². The van der Waals surface area contributed by atoms with Gasteiger partial charge in [-0.15, -0.1) is 0 Å². The SMILES string of the molecule is Cc1ccc(COC2=CC(=O)N[C@H]2CCc2ccccc2)cc1. The number of carbonyl (C=O) groups is 1. The molecule has 3 nitrogen and oxygen atoms in total. The van der Waals surface area contributed by atoms with Crippen LogP contribution in [0, 0.1) is 6.92 Å². The van der Waals surface area contributed by atoms with Crippen LogP contribution in [0.4, 0.5) is 0 Å². The highest BCUT2D eigenvalue weighted by atomic mass is 16.5. The fourth-order valence-corrected chi connectivity index (χ4v) is 2.68. The molecule has 1 N–H and O–H groups in total. The molecule has 1 aliphatic rings. The third-order valence-corrected chi connectivity index (χ3v) is 4.02. The summed E-state index contributed by atoms with van der Waals surface area (Å²) in [7, 11) is 0. The minimum atomic E-state index is -0.0676. The number of hydrogen-bond donors (Lipinski definition) is 1. The van der Waals surface area contributed by atoms with Crippen LogP contribution in [0.1, 0.15) is 23.1 Å². The van der Waals surface area contributed by atoms with Gasteiger partial charge in [0.05, 0.1) is 6.04 Å². The van der Waals surface area contributed by atoms with Crippen molar-refractivity contribution in [2.45, 2.75) is 32.4 Å². The molecule has 0 aromatic heterocycles. The van der Waals surface area contributed by atoms with Crippen molar-refractivity contribution in [2.75, 3.05) is 0 Å². The molecule has 0 saturated carbocycles. The molecule has 0 aliphatic carbocycles. The minimum absolute atomic E-state index is 0.0341. The van der Waals surface area contributed by atoms with Crippen LogP contribution in [0.25, 0.3) is 0 Å². The zero-order valence-corrected chi connectivity index (χ0v) is 13.3. The van der Waals surface area contributed by atoms with Crippen LogP contribution in [-0.2, 0) is 22.6 Å². The van der Waals surface area contributed by atoms with E-state index < -0.39 is 0 Å². The first-order valence-corrected chi connectivity index (χ1v) is 7.95. The van der Waals surface area contributed by atoms with Gasteiger partial charge >= 0.3 is 0 Å². The molecule has 0 bridgehead atoms. The van der Waals surface area contributed by atoms with Crippen molar-refractivity contribution in [2.24, 2.45) is 0 Å². The molecule has 0 radical (unpaired) electrons. The summed E-state index contributed by atoms with van der Waals surface area (Å²) in [5.41, 5.74) is 3.61. The molecule has 1 atom stereocenters. The molecule has 118 valence electrons. The largest absolute Gasteiger partial charge is 0.491 e. The zero-order chi connectivity index (χ0) is 16.1. The molecular formula is C20H21NO2. The lowest BCUT2D eigenvalue weighted by atomic mass is 10.1. The Morgan fingerprint density at radius 1 is 1.00 bits per heavy atom. The lowest BCUT2D eigenvalue weighted by molar-refractivity contribution is -0.116. The van der Waals surface area contributed by atoms with Gasteiger partial charge in [-0.25, -0.2) is 0 Å². The molecule has 0 fully saturated rings. The van der Waals surface area contributed by atoms with Gasteiger partial charge in [0, 0.05) is 6.08 Å². The molecule has 3 heteroatoms. The molecular weight excluding hydrogens is 286 g/mol. The number of nitrogens with one attached hydrogen (secondary N) is 1. The van der Waals surface area contributed by atoms with E-state index in [2.05, 4.69) is 48.6 Å². The quantitative estimate of drug-likeness (QED) is 0.886. The Hall–Kier alpha value is -2.55. The van der Waals surface area contributed by atoms with E-state index in [0.717, 1.165) is 24.2 Å². The van der Waals surface area contributed by atoms with Gasteiger partial charge in [0.25, 0.3) is 0 Å². The Labute approximate surface area is 137 Å². The molecule has 23 heavy (non-hydrogen) atoms. The summed E-state index contributed by atoms with van der Waals surface area (Å²) >= 11 is 0. The monoisotopic (exact) mass is 307 g/mol. The van der Waals surface area contributed by atoms with Crippen LogP contribution in [0.2, 0.25) is 0 Å². The van der Waals surface area contributed by atoms with E-state index in [1.807, 2.05) is 18.2 Å². The van der Waals surface area contributed by atoms with Crippen molar-refractivity contribution in [1.29, 1.82) is 0 Å². The maximum atomic E-state index is 11.7. The molecule has 2 aromatic carbocycles. The summed E-state index contributed by atoms with van der Waals surface area (Å²) in [5.74, 6) is 0.675. The molecule has 2 aromatic rings. The Bertz CT molecular complexity index is 689. The van der Waals surface area contributed by atoms with E-state index in [-0.39, 0.29) is 11.9 Å². The topological polar surface area (TPSA) is 38.3 Å². The molecule has 0 spiro atoms. The van der Waals surface area contributed by atoms with Gasteiger partial charge in [0.1, 0.15) is 12.4 Å². The highest BCUT2D eigenvalue weighted by Gasteiger charge is 2.25. The van der Waals surface area contributed by atoms with E-state index in [0.29, 0.717) is 6.61 Å². The third-order valence-electron chi connectivity index (χ3n) is 4.02. The van der Waals surface area contributed by atoms with E-state index in [1.54, 1.807) is 6.08 Å². The van der Waals surface area contributed by atoms with Gasteiger partial charge < -0.3 is 10.1 Å². The summed E-state index contributed by atoms with van der Waals surface area (Å²) in [6, 6.07) is 18.5. The Morgan fingerprint density at radius 2 is 1.74 bits per heavy atom. The Morgan fingerprint density at radius 3 is 2.48 bits per heavy atom.